The van der Waals surface area contributed by atoms with Crippen molar-refractivity contribution in [2.45, 2.75) is 26.7 Å². The summed E-state index contributed by atoms with van der Waals surface area (Å²) in [4.78, 5) is 19.9. The maximum absolute atomic E-state index is 14.0. The number of hydrogen-bond donors (Lipinski definition) is 0. The van der Waals surface area contributed by atoms with Gasteiger partial charge in [-0.2, -0.15) is 0 Å². The van der Waals surface area contributed by atoms with Crippen LogP contribution in [0.4, 0.5) is 10.1 Å². The van der Waals surface area contributed by atoms with Gasteiger partial charge in [-0.1, -0.05) is 39.0 Å². The molecule has 178 valence electrons. The second kappa shape index (κ2) is 9.72. The Labute approximate surface area is 197 Å². The van der Waals surface area contributed by atoms with Crippen LogP contribution in [-0.2, 0) is 4.79 Å². The number of rotatable bonds is 5. The van der Waals surface area contributed by atoms with Crippen molar-refractivity contribution in [1.29, 1.82) is 0 Å². The molecular weight excluding hydrogens is 417 g/mol. The van der Waals surface area contributed by atoms with E-state index >= 15 is 0 Å². The standard InChI is InChI=1S/C27H36FN3O2/c1-27(2,3)26(32)31-18-21(25(19-31)20-7-5-8-22(28)15-20)17-29-11-13-30(14-12-29)23-9-6-10-24(16-23)33-4/h5-10,15-16,21,25H,11-14,17-19H2,1-4H3/t21-,25+/m1/s1. The van der Waals surface area contributed by atoms with Crippen LogP contribution < -0.4 is 9.64 Å². The van der Waals surface area contributed by atoms with Crippen LogP contribution in [0.15, 0.2) is 48.5 Å². The minimum Gasteiger partial charge on any atom is -0.497 e. The van der Waals surface area contributed by atoms with Gasteiger partial charge in [0.1, 0.15) is 11.6 Å². The van der Waals surface area contributed by atoms with Crippen LogP contribution in [-0.4, -0.2) is 68.6 Å². The molecule has 2 aromatic rings. The summed E-state index contributed by atoms with van der Waals surface area (Å²) in [5.41, 5.74) is 1.78. The van der Waals surface area contributed by atoms with Crippen LogP contribution in [0.25, 0.3) is 0 Å². The average Bonchev–Trinajstić information content (AvgIpc) is 3.22. The van der Waals surface area contributed by atoms with Crippen molar-refractivity contribution in [1.82, 2.24) is 9.80 Å². The zero-order valence-electron chi connectivity index (χ0n) is 20.3. The molecule has 0 aromatic heterocycles. The zero-order valence-corrected chi connectivity index (χ0v) is 20.3. The Morgan fingerprint density at radius 3 is 2.42 bits per heavy atom. The summed E-state index contributed by atoms with van der Waals surface area (Å²) in [7, 11) is 1.70. The molecule has 4 rings (SSSR count). The van der Waals surface area contributed by atoms with Gasteiger partial charge in [-0.05, 0) is 35.7 Å². The number of nitrogens with zero attached hydrogens (tertiary/aromatic N) is 3. The summed E-state index contributed by atoms with van der Waals surface area (Å²) in [6.07, 6.45) is 0. The van der Waals surface area contributed by atoms with Crippen molar-refractivity contribution in [2.24, 2.45) is 11.3 Å². The van der Waals surface area contributed by atoms with E-state index in [1.54, 1.807) is 19.2 Å². The molecule has 2 saturated heterocycles. The molecule has 0 radical (unpaired) electrons. The van der Waals surface area contributed by atoms with Gasteiger partial charge in [0.2, 0.25) is 5.91 Å². The van der Waals surface area contributed by atoms with Crippen LogP contribution >= 0.6 is 0 Å². The fourth-order valence-electron chi connectivity index (χ4n) is 5.14. The Bertz CT molecular complexity index is 966. The van der Waals surface area contributed by atoms with E-state index in [-0.39, 0.29) is 17.6 Å². The molecule has 0 unspecified atom stereocenters. The first-order valence-corrected chi connectivity index (χ1v) is 11.9. The van der Waals surface area contributed by atoms with Crippen molar-refractivity contribution < 1.29 is 13.9 Å². The van der Waals surface area contributed by atoms with Crippen molar-refractivity contribution in [3.05, 3.63) is 59.9 Å². The Morgan fingerprint density at radius 2 is 1.76 bits per heavy atom. The number of hydrogen-bond acceptors (Lipinski definition) is 4. The van der Waals surface area contributed by atoms with E-state index < -0.39 is 5.41 Å². The molecule has 0 bridgehead atoms. The molecule has 1 amide bonds. The smallest absolute Gasteiger partial charge is 0.227 e. The molecule has 6 heteroatoms. The Balaban J connectivity index is 1.44. The molecule has 0 spiro atoms. The third-order valence-corrected chi connectivity index (χ3v) is 6.93. The van der Waals surface area contributed by atoms with Crippen molar-refractivity contribution in [2.75, 3.05) is 57.8 Å². The van der Waals surface area contributed by atoms with Gasteiger partial charge in [-0.15, -0.1) is 0 Å². The molecule has 2 aliphatic rings. The quantitative estimate of drug-likeness (QED) is 0.678. The van der Waals surface area contributed by atoms with E-state index in [0.717, 1.165) is 50.6 Å². The maximum atomic E-state index is 14.0. The molecule has 2 aromatic carbocycles. The fraction of sp³-hybridized carbons (Fsp3) is 0.519. The van der Waals surface area contributed by atoms with Gasteiger partial charge in [0.15, 0.2) is 0 Å². The Morgan fingerprint density at radius 1 is 1.03 bits per heavy atom. The van der Waals surface area contributed by atoms with Gasteiger partial charge in [-0.25, -0.2) is 4.39 Å². The molecule has 0 saturated carbocycles. The van der Waals surface area contributed by atoms with E-state index in [1.165, 1.54) is 11.8 Å². The lowest BCUT2D eigenvalue weighted by Gasteiger charge is -2.38. The summed E-state index contributed by atoms with van der Waals surface area (Å²) in [6, 6.07) is 15.1. The first-order valence-electron chi connectivity index (χ1n) is 11.9. The van der Waals surface area contributed by atoms with Crippen LogP contribution in [0.2, 0.25) is 0 Å². The molecule has 33 heavy (non-hydrogen) atoms. The van der Waals surface area contributed by atoms with Gasteiger partial charge >= 0.3 is 0 Å². The van der Waals surface area contributed by atoms with Crippen LogP contribution in [0, 0.1) is 17.2 Å². The summed E-state index contributed by atoms with van der Waals surface area (Å²) in [5.74, 6) is 1.29. The Kier molecular flexibility index (Phi) is 6.94. The topological polar surface area (TPSA) is 36.0 Å². The lowest BCUT2D eigenvalue weighted by molar-refractivity contribution is -0.138. The number of likely N-dealkylation sites (tertiary alicyclic amines) is 1. The zero-order chi connectivity index (χ0) is 23.6. The maximum Gasteiger partial charge on any atom is 0.227 e. The number of methoxy groups -OCH3 is 1. The van der Waals surface area contributed by atoms with E-state index in [0.29, 0.717) is 12.5 Å². The van der Waals surface area contributed by atoms with Crippen molar-refractivity contribution >= 4 is 11.6 Å². The van der Waals surface area contributed by atoms with Crippen LogP contribution in [0.5, 0.6) is 5.75 Å². The van der Waals surface area contributed by atoms with Gasteiger partial charge < -0.3 is 14.5 Å². The normalized spacial score (nSPS) is 22.0. The van der Waals surface area contributed by atoms with Crippen LogP contribution in [0.1, 0.15) is 32.3 Å². The molecule has 2 fully saturated rings. The number of amides is 1. The largest absolute Gasteiger partial charge is 0.497 e. The fourth-order valence-corrected chi connectivity index (χ4v) is 5.14. The molecule has 2 aliphatic heterocycles. The highest BCUT2D eigenvalue weighted by Crippen LogP contribution is 2.36. The highest BCUT2D eigenvalue weighted by molar-refractivity contribution is 5.82. The predicted molar refractivity (Wildman–Crippen MR) is 130 cm³/mol. The number of carbonyl (C=O) groups excluding carboxylic acids is 1. The summed E-state index contributed by atoms with van der Waals surface area (Å²) in [5, 5.41) is 0. The van der Waals surface area contributed by atoms with Gasteiger partial charge in [0, 0.05) is 68.9 Å². The minimum atomic E-state index is -0.413. The SMILES string of the molecule is COc1cccc(N2CCN(C[C@@H]3CN(C(=O)C(C)(C)C)C[C@H]3c3cccc(F)c3)CC2)c1. The van der Waals surface area contributed by atoms with Gasteiger partial charge in [0.25, 0.3) is 0 Å². The highest BCUT2D eigenvalue weighted by Gasteiger charge is 2.40. The summed E-state index contributed by atoms with van der Waals surface area (Å²) >= 11 is 0. The summed E-state index contributed by atoms with van der Waals surface area (Å²) < 4.78 is 19.4. The number of anilines is 1. The lowest BCUT2D eigenvalue weighted by Crippen LogP contribution is -2.48. The molecular formula is C27H36FN3O2. The van der Waals surface area contributed by atoms with E-state index in [2.05, 4.69) is 21.9 Å². The number of benzene rings is 2. The second-order valence-corrected chi connectivity index (χ2v) is 10.4. The molecule has 5 nitrogen and oxygen atoms in total. The average molecular weight is 454 g/mol. The second-order valence-electron chi connectivity index (χ2n) is 10.4. The van der Waals surface area contributed by atoms with Crippen molar-refractivity contribution in [3.8, 4) is 5.75 Å². The highest BCUT2D eigenvalue weighted by atomic mass is 19.1. The molecule has 0 aliphatic carbocycles. The monoisotopic (exact) mass is 453 g/mol. The van der Waals surface area contributed by atoms with Gasteiger partial charge in [-0.3, -0.25) is 9.69 Å². The third-order valence-electron chi connectivity index (χ3n) is 6.93. The third kappa shape index (κ3) is 5.49. The molecule has 2 heterocycles. The van der Waals surface area contributed by atoms with Crippen LogP contribution in [0.3, 0.4) is 0 Å². The van der Waals surface area contributed by atoms with Gasteiger partial charge in [0.05, 0.1) is 7.11 Å². The predicted octanol–water partition coefficient (Wildman–Crippen LogP) is 4.24. The van der Waals surface area contributed by atoms with E-state index in [1.807, 2.05) is 43.9 Å². The number of ether oxygens (including phenoxy) is 1. The molecule has 2 atom stereocenters. The number of piperazine rings is 1. The van der Waals surface area contributed by atoms with Crippen molar-refractivity contribution in [3.63, 3.8) is 0 Å². The molecule has 0 N–H and O–H groups in total. The first kappa shape index (κ1) is 23.6. The first-order chi connectivity index (χ1) is 15.7. The number of carbonyl (C=O) groups is 1. The van der Waals surface area contributed by atoms with E-state index in [9.17, 15) is 9.18 Å². The van der Waals surface area contributed by atoms with E-state index in [4.69, 9.17) is 4.74 Å². The summed E-state index contributed by atoms with van der Waals surface area (Å²) in [6.45, 7) is 12.1. The number of halogens is 1. The minimum absolute atomic E-state index is 0.156. The Hall–Kier alpha value is -2.60. The lowest BCUT2D eigenvalue weighted by atomic mass is 9.88.